The highest BCUT2D eigenvalue weighted by Gasteiger charge is 2.71. The average molecular weight is 614 g/mol. The summed E-state index contributed by atoms with van der Waals surface area (Å²) in [6.07, 6.45) is 7.96. The van der Waals surface area contributed by atoms with Gasteiger partial charge in [-0.25, -0.2) is 0 Å². The molecule has 8 heteroatoms. The third-order valence-corrected chi connectivity index (χ3v) is 14.4. The first-order valence-corrected chi connectivity index (χ1v) is 16.9. The van der Waals surface area contributed by atoms with E-state index in [1.807, 2.05) is 6.92 Å². The number of amides is 1. The predicted octanol–water partition coefficient (Wildman–Crippen LogP) is 6.15. The van der Waals surface area contributed by atoms with Crippen LogP contribution in [0.25, 0.3) is 0 Å². The van der Waals surface area contributed by atoms with Gasteiger partial charge in [-0.2, -0.15) is 0 Å². The first-order valence-electron chi connectivity index (χ1n) is 16.9. The normalized spacial score (nSPS) is 47.8. The zero-order valence-corrected chi connectivity index (χ0v) is 28.4. The Morgan fingerprint density at radius 2 is 1.52 bits per heavy atom. The van der Waals surface area contributed by atoms with Crippen molar-refractivity contribution in [2.75, 3.05) is 6.61 Å². The second-order valence-electron chi connectivity index (χ2n) is 16.3. The van der Waals surface area contributed by atoms with E-state index in [9.17, 15) is 19.2 Å². The average Bonchev–Trinajstić information content (AvgIpc) is 2.91. The molecule has 0 aliphatic heterocycles. The maximum Gasteiger partial charge on any atom is 0.303 e. The molecule has 0 saturated heterocycles. The van der Waals surface area contributed by atoms with Gasteiger partial charge in [0.25, 0.3) is 0 Å². The Hall–Kier alpha value is -2.38. The zero-order valence-electron chi connectivity index (χ0n) is 28.4. The molecule has 4 saturated carbocycles. The van der Waals surface area contributed by atoms with Crippen molar-refractivity contribution in [1.29, 1.82) is 0 Å². The summed E-state index contributed by atoms with van der Waals surface area (Å²) in [4.78, 5) is 50.2. The van der Waals surface area contributed by atoms with E-state index in [0.717, 1.165) is 44.9 Å². The van der Waals surface area contributed by atoms with E-state index in [1.54, 1.807) is 0 Å². The number of hydrogen-bond acceptors (Lipinski definition) is 7. The van der Waals surface area contributed by atoms with E-state index in [4.69, 9.17) is 19.9 Å². The van der Waals surface area contributed by atoms with Crippen LogP contribution in [0.15, 0.2) is 11.6 Å². The summed E-state index contributed by atoms with van der Waals surface area (Å²) < 4.78 is 17.6. The smallest absolute Gasteiger partial charge is 0.303 e. The number of allylic oxidation sites excluding steroid dienone is 2. The van der Waals surface area contributed by atoms with Crippen LogP contribution in [0.2, 0.25) is 0 Å². The van der Waals surface area contributed by atoms with Crippen molar-refractivity contribution in [1.82, 2.24) is 0 Å². The summed E-state index contributed by atoms with van der Waals surface area (Å²) in [7, 11) is 0. The topological polar surface area (TPSA) is 122 Å². The maximum atomic E-state index is 13.2. The summed E-state index contributed by atoms with van der Waals surface area (Å²) in [5.41, 5.74) is 5.98. The molecule has 5 rings (SSSR count). The van der Waals surface area contributed by atoms with Crippen LogP contribution in [-0.4, -0.2) is 42.6 Å². The molecule has 0 aromatic rings. The highest BCUT2D eigenvalue weighted by Crippen LogP contribution is 2.76. The molecule has 0 heterocycles. The van der Waals surface area contributed by atoms with Gasteiger partial charge in [0, 0.05) is 26.2 Å². The van der Waals surface area contributed by atoms with Crippen molar-refractivity contribution >= 4 is 23.8 Å². The van der Waals surface area contributed by atoms with Gasteiger partial charge in [0.05, 0.1) is 5.41 Å². The molecule has 5 aliphatic carbocycles. The lowest BCUT2D eigenvalue weighted by molar-refractivity contribution is -0.255. The van der Waals surface area contributed by atoms with Crippen molar-refractivity contribution in [2.45, 2.75) is 126 Å². The van der Waals surface area contributed by atoms with Crippen molar-refractivity contribution in [2.24, 2.45) is 62.4 Å². The van der Waals surface area contributed by atoms with E-state index < -0.39 is 40.9 Å². The van der Waals surface area contributed by atoms with Gasteiger partial charge in [0.2, 0.25) is 5.91 Å². The molecule has 0 spiro atoms. The van der Waals surface area contributed by atoms with Crippen LogP contribution in [0.5, 0.6) is 0 Å². The molecule has 0 aromatic carbocycles. The molecule has 1 amide bonds. The second-order valence-corrected chi connectivity index (χ2v) is 16.3. The summed E-state index contributed by atoms with van der Waals surface area (Å²) >= 11 is 0. The second kappa shape index (κ2) is 10.9. The largest absolute Gasteiger partial charge is 0.465 e. The number of primary amides is 1. The van der Waals surface area contributed by atoms with Gasteiger partial charge in [0.15, 0.2) is 0 Å². The van der Waals surface area contributed by atoms with Crippen LogP contribution in [0.3, 0.4) is 0 Å². The van der Waals surface area contributed by atoms with Gasteiger partial charge < -0.3 is 19.9 Å². The zero-order chi connectivity index (χ0) is 32.6. The number of rotatable bonds is 5. The van der Waals surface area contributed by atoms with Crippen LogP contribution in [0, 0.1) is 56.7 Å². The van der Waals surface area contributed by atoms with E-state index in [2.05, 4.69) is 40.7 Å². The Morgan fingerprint density at radius 1 is 0.864 bits per heavy atom. The molecule has 246 valence electrons. The molecule has 0 bridgehead atoms. The van der Waals surface area contributed by atoms with Crippen molar-refractivity contribution < 1.29 is 33.4 Å². The van der Waals surface area contributed by atoms with Gasteiger partial charge in [-0.1, -0.05) is 53.2 Å². The molecular weight excluding hydrogens is 558 g/mol. The number of ether oxygens (including phenoxy) is 3. The van der Waals surface area contributed by atoms with Crippen LogP contribution < -0.4 is 5.73 Å². The summed E-state index contributed by atoms with van der Waals surface area (Å²) in [5, 5.41) is 0. The third-order valence-electron chi connectivity index (χ3n) is 14.4. The Bertz CT molecular complexity index is 1260. The third kappa shape index (κ3) is 4.58. The minimum atomic E-state index is -0.752. The summed E-state index contributed by atoms with van der Waals surface area (Å²) in [6.45, 7) is 18.2. The first kappa shape index (κ1) is 33.0. The molecule has 5 aliphatic rings. The highest BCUT2D eigenvalue weighted by molar-refractivity contribution is 5.82. The fraction of sp³-hybridized carbons (Fsp3) is 0.833. The first-order chi connectivity index (χ1) is 20.4. The number of carbonyl (C=O) groups is 4. The molecule has 44 heavy (non-hydrogen) atoms. The number of fused-ring (bicyclic) bond motifs is 7. The standard InChI is InChI=1S/C36H55NO7/c1-20-12-15-36(31(37)41)17-16-34(8)25(29(36)21(20)2)10-11-28-32(6)18-26(43-23(4)39)30(44-24(5)40)33(7,19-42-22(3)38)27(32)13-14-35(28,34)9/h10,20-21,26-30H,11-19H2,1-9H3,(H2,37,41)/t20-,21+,26-,27-,28-,29+,30+,32+,33+,34-,35-,36+/m1/s1. The number of hydrogen-bond donors (Lipinski definition) is 1. The van der Waals surface area contributed by atoms with Gasteiger partial charge in [0.1, 0.15) is 18.8 Å². The molecule has 2 N–H and O–H groups in total. The van der Waals surface area contributed by atoms with Crippen LogP contribution in [0.4, 0.5) is 0 Å². The van der Waals surface area contributed by atoms with Crippen molar-refractivity contribution in [3.8, 4) is 0 Å². The van der Waals surface area contributed by atoms with E-state index in [0.29, 0.717) is 18.3 Å². The number of carbonyl (C=O) groups excluding carboxylic acids is 4. The van der Waals surface area contributed by atoms with E-state index >= 15 is 0 Å². The molecule has 8 nitrogen and oxygen atoms in total. The fourth-order valence-corrected chi connectivity index (χ4v) is 12.0. The maximum absolute atomic E-state index is 13.2. The molecule has 0 unspecified atom stereocenters. The fourth-order valence-electron chi connectivity index (χ4n) is 12.0. The van der Waals surface area contributed by atoms with Crippen molar-refractivity contribution in [3.05, 3.63) is 11.6 Å². The van der Waals surface area contributed by atoms with E-state index in [1.165, 1.54) is 26.3 Å². The quantitative estimate of drug-likeness (QED) is 0.224. The van der Waals surface area contributed by atoms with Crippen LogP contribution in [-0.2, 0) is 33.4 Å². The number of esters is 3. The Balaban J connectivity index is 1.63. The van der Waals surface area contributed by atoms with Gasteiger partial charge in [-0.05, 0) is 97.2 Å². The molecule has 0 aromatic heterocycles. The Kier molecular flexibility index (Phi) is 8.15. The minimum Gasteiger partial charge on any atom is -0.465 e. The minimum absolute atomic E-state index is 0.0593. The summed E-state index contributed by atoms with van der Waals surface area (Å²) in [5.74, 6) is -0.0494. The van der Waals surface area contributed by atoms with Crippen LogP contribution in [0.1, 0.15) is 114 Å². The predicted molar refractivity (Wildman–Crippen MR) is 166 cm³/mol. The molecular formula is C36H55NO7. The number of nitrogens with two attached hydrogens (primary N) is 1. The lowest BCUT2D eigenvalue weighted by atomic mass is 9.33. The van der Waals surface area contributed by atoms with Crippen molar-refractivity contribution in [3.63, 3.8) is 0 Å². The van der Waals surface area contributed by atoms with Crippen LogP contribution >= 0.6 is 0 Å². The monoisotopic (exact) mass is 613 g/mol. The Morgan fingerprint density at radius 3 is 2.11 bits per heavy atom. The van der Waals surface area contributed by atoms with Gasteiger partial charge in [-0.15, -0.1) is 0 Å². The molecule has 4 fully saturated rings. The highest BCUT2D eigenvalue weighted by atomic mass is 16.6. The SMILES string of the molecule is CC(=O)OC[C@@]1(C)[C@@H]2CC[C@]3(C)[C@H](CC=C4[C@@H]5[C@@H](C)[C@H](C)CC[C@]5(C(N)=O)CC[C@]43C)[C@@]2(C)C[C@@H](OC(C)=O)[C@@H]1OC(C)=O. The van der Waals surface area contributed by atoms with Gasteiger partial charge >= 0.3 is 17.9 Å². The molecule has 12 atom stereocenters. The lowest BCUT2D eigenvalue weighted by Gasteiger charge is -2.72. The Labute approximate surface area is 263 Å². The summed E-state index contributed by atoms with van der Waals surface area (Å²) in [6, 6.07) is 0. The lowest BCUT2D eigenvalue weighted by Crippen LogP contribution is -2.69. The van der Waals surface area contributed by atoms with Gasteiger partial charge in [-0.3, -0.25) is 19.2 Å². The van der Waals surface area contributed by atoms with E-state index in [-0.39, 0.29) is 46.5 Å². The molecule has 0 radical (unpaired) electrons.